The molecule has 0 aromatic carbocycles. The van der Waals surface area contributed by atoms with Crippen LogP contribution in [0.25, 0.3) is 0 Å². The summed E-state index contributed by atoms with van der Waals surface area (Å²) in [5, 5.41) is 0. The zero-order chi connectivity index (χ0) is 11.6. The van der Waals surface area contributed by atoms with Gasteiger partial charge in [-0.3, -0.25) is 9.59 Å². The maximum atomic E-state index is 11.7. The number of allylic oxidation sites excluding steroid dienone is 1. The van der Waals surface area contributed by atoms with Gasteiger partial charge in [0.2, 0.25) is 11.8 Å². The number of likely N-dealkylation sites (tertiary alicyclic amines) is 1. The van der Waals surface area contributed by atoms with E-state index in [0.29, 0.717) is 19.5 Å². The minimum atomic E-state index is -0.550. The number of carbonyl (C=O) groups is 2. The monoisotopic (exact) mass is 210 g/mol. The highest BCUT2D eigenvalue weighted by atomic mass is 16.2. The van der Waals surface area contributed by atoms with E-state index in [9.17, 15) is 9.59 Å². The second-order valence-electron chi connectivity index (χ2n) is 4.66. The van der Waals surface area contributed by atoms with Crippen LogP contribution >= 0.6 is 0 Å². The lowest BCUT2D eigenvalue weighted by atomic mass is 9.89. The van der Waals surface area contributed by atoms with Crippen molar-refractivity contribution in [2.24, 2.45) is 11.1 Å². The summed E-state index contributed by atoms with van der Waals surface area (Å²) in [6, 6.07) is 0. The molecule has 2 amide bonds. The Morgan fingerprint density at radius 2 is 2.00 bits per heavy atom. The van der Waals surface area contributed by atoms with E-state index in [-0.39, 0.29) is 11.8 Å². The van der Waals surface area contributed by atoms with Gasteiger partial charge in [0.05, 0.1) is 5.41 Å². The van der Waals surface area contributed by atoms with Crippen molar-refractivity contribution in [3.05, 3.63) is 11.6 Å². The normalized spacial score (nSPS) is 25.1. The van der Waals surface area contributed by atoms with Crippen LogP contribution in [0.2, 0.25) is 0 Å². The highest BCUT2D eigenvalue weighted by Crippen LogP contribution is 2.29. The standard InChI is InChI=1S/C11H18N2O2/c1-8(2)6-9(14)13-5-4-11(3,7-13)10(12)15/h6H,4-5,7H2,1-3H3,(H2,12,15). The maximum absolute atomic E-state index is 11.7. The van der Waals surface area contributed by atoms with E-state index in [1.54, 1.807) is 11.0 Å². The van der Waals surface area contributed by atoms with Crippen LogP contribution in [0.5, 0.6) is 0 Å². The molecule has 84 valence electrons. The number of hydrogen-bond acceptors (Lipinski definition) is 2. The predicted octanol–water partition coefficient (Wildman–Crippen LogP) is 0.676. The van der Waals surface area contributed by atoms with E-state index < -0.39 is 5.41 Å². The highest BCUT2D eigenvalue weighted by Gasteiger charge is 2.40. The molecule has 0 radical (unpaired) electrons. The smallest absolute Gasteiger partial charge is 0.246 e. The van der Waals surface area contributed by atoms with Crippen molar-refractivity contribution in [2.75, 3.05) is 13.1 Å². The summed E-state index contributed by atoms with van der Waals surface area (Å²) in [4.78, 5) is 24.5. The molecule has 4 nitrogen and oxygen atoms in total. The molecule has 1 aliphatic rings. The molecule has 1 heterocycles. The summed E-state index contributed by atoms with van der Waals surface area (Å²) in [5.74, 6) is -0.352. The lowest BCUT2D eigenvalue weighted by Gasteiger charge is -2.20. The third-order valence-corrected chi connectivity index (χ3v) is 2.79. The average molecular weight is 210 g/mol. The van der Waals surface area contributed by atoms with E-state index in [1.165, 1.54) is 0 Å². The number of nitrogens with zero attached hydrogens (tertiary/aromatic N) is 1. The van der Waals surface area contributed by atoms with Crippen molar-refractivity contribution in [2.45, 2.75) is 27.2 Å². The summed E-state index contributed by atoms with van der Waals surface area (Å²) < 4.78 is 0. The second kappa shape index (κ2) is 4.04. The Morgan fingerprint density at radius 3 is 2.40 bits per heavy atom. The molecule has 1 atom stereocenters. The molecule has 1 aliphatic heterocycles. The van der Waals surface area contributed by atoms with Crippen molar-refractivity contribution < 1.29 is 9.59 Å². The maximum Gasteiger partial charge on any atom is 0.246 e. The van der Waals surface area contributed by atoms with E-state index in [1.807, 2.05) is 20.8 Å². The van der Waals surface area contributed by atoms with Crippen LogP contribution in [0.3, 0.4) is 0 Å². The van der Waals surface area contributed by atoms with E-state index in [0.717, 1.165) is 5.57 Å². The molecule has 0 aromatic rings. The number of nitrogens with two attached hydrogens (primary N) is 1. The summed E-state index contributed by atoms with van der Waals surface area (Å²) >= 11 is 0. The van der Waals surface area contributed by atoms with Crippen LogP contribution in [0.15, 0.2) is 11.6 Å². The van der Waals surface area contributed by atoms with Crippen molar-refractivity contribution >= 4 is 11.8 Å². The zero-order valence-electron chi connectivity index (χ0n) is 9.54. The number of amides is 2. The molecular weight excluding hydrogens is 192 g/mol. The van der Waals surface area contributed by atoms with Gasteiger partial charge in [-0.1, -0.05) is 5.57 Å². The molecular formula is C11H18N2O2. The molecule has 0 spiro atoms. The van der Waals surface area contributed by atoms with Gasteiger partial charge in [0.15, 0.2) is 0 Å². The Hall–Kier alpha value is -1.32. The number of carbonyl (C=O) groups excluding carboxylic acids is 2. The van der Waals surface area contributed by atoms with Gasteiger partial charge in [0.25, 0.3) is 0 Å². The van der Waals surface area contributed by atoms with Crippen molar-refractivity contribution in [1.29, 1.82) is 0 Å². The molecule has 1 saturated heterocycles. The lowest BCUT2D eigenvalue weighted by Crippen LogP contribution is -2.38. The molecule has 1 unspecified atom stereocenters. The van der Waals surface area contributed by atoms with Crippen LogP contribution in [-0.2, 0) is 9.59 Å². The SMILES string of the molecule is CC(C)=CC(=O)N1CCC(C)(C(N)=O)C1. The summed E-state index contributed by atoms with van der Waals surface area (Å²) in [6.45, 7) is 6.61. The number of hydrogen-bond donors (Lipinski definition) is 1. The molecule has 0 bridgehead atoms. The highest BCUT2D eigenvalue weighted by molar-refractivity contribution is 5.90. The Balaban J connectivity index is 2.68. The Morgan fingerprint density at radius 1 is 1.40 bits per heavy atom. The van der Waals surface area contributed by atoms with Crippen LogP contribution < -0.4 is 5.73 Å². The van der Waals surface area contributed by atoms with Gasteiger partial charge in [-0.25, -0.2) is 0 Å². The van der Waals surface area contributed by atoms with Crippen molar-refractivity contribution in [1.82, 2.24) is 4.90 Å². The van der Waals surface area contributed by atoms with Crippen molar-refractivity contribution in [3.63, 3.8) is 0 Å². The molecule has 15 heavy (non-hydrogen) atoms. The second-order valence-corrected chi connectivity index (χ2v) is 4.66. The van der Waals surface area contributed by atoms with Gasteiger partial charge in [-0.15, -0.1) is 0 Å². The zero-order valence-corrected chi connectivity index (χ0v) is 9.54. The van der Waals surface area contributed by atoms with Crippen LogP contribution in [-0.4, -0.2) is 29.8 Å². The van der Waals surface area contributed by atoms with Gasteiger partial charge in [0, 0.05) is 19.2 Å². The topological polar surface area (TPSA) is 63.4 Å². The third kappa shape index (κ3) is 2.58. The number of primary amides is 1. The Kier molecular flexibility index (Phi) is 3.17. The van der Waals surface area contributed by atoms with Gasteiger partial charge in [-0.05, 0) is 27.2 Å². The van der Waals surface area contributed by atoms with Gasteiger partial charge < -0.3 is 10.6 Å². The molecule has 2 N–H and O–H groups in total. The molecule has 1 fully saturated rings. The Bertz CT molecular complexity index is 319. The molecule has 1 rings (SSSR count). The minimum absolute atomic E-state index is 0.0278. The van der Waals surface area contributed by atoms with Gasteiger partial charge in [-0.2, -0.15) is 0 Å². The molecule has 0 aliphatic carbocycles. The van der Waals surface area contributed by atoms with Crippen LogP contribution in [0, 0.1) is 5.41 Å². The first kappa shape index (κ1) is 11.8. The fraction of sp³-hybridized carbons (Fsp3) is 0.636. The number of rotatable bonds is 2. The van der Waals surface area contributed by atoms with Crippen molar-refractivity contribution in [3.8, 4) is 0 Å². The van der Waals surface area contributed by atoms with Crippen LogP contribution in [0.1, 0.15) is 27.2 Å². The van der Waals surface area contributed by atoms with E-state index in [2.05, 4.69) is 0 Å². The Labute approximate surface area is 90.1 Å². The molecule has 4 heteroatoms. The first-order valence-corrected chi connectivity index (χ1v) is 5.09. The van der Waals surface area contributed by atoms with Crippen LogP contribution in [0.4, 0.5) is 0 Å². The fourth-order valence-corrected chi connectivity index (χ4v) is 1.69. The summed E-state index contributed by atoms with van der Waals surface area (Å²) in [7, 11) is 0. The largest absolute Gasteiger partial charge is 0.369 e. The van der Waals surface area contributed by atoms with E-state index in [4.69, 9.17) is 5.73 Å². The van der Waals surface area contributed by atoms with E-state index >= 15 is 0 Å². The first-order chi connectivity index (χ1) is 6.85. The predicted molar refractivity (Wildman–Crippen MR) is 57.9 cm³/mol. The molecule has 0 saturated carbocycles. The lowest BCUT2D eigenvalue weighted by molar-refractivity contribution is -0.128. The quantitative estimate of drug-likeness (QED) is 0.681. The van der Waals surface area contributed by atoms with Gasteiger partial charge in [0.1, 0.15) is 0 Å². The summed E-state index contributed by atoms with van der Waals surface area (Å²) in [5.41, 5.74) is 5.72. The first-order valence-electron chi connectivity index (χ1n) is 5.09. The molecule has 0 aromatic heterocycles. The van der Waals surface area contributed by atoms with Gasteiger partial charge >= 0.3 is 0 Å². The fourth-order valence-electron chi connectivity index (χ4n) is 1.69. The minimum Gasteiger partial charge on any atom is -0.369 e. The third-order valence-electron chi connectivity index (χ3n) is 2.79. The average Bonchev–Trinajstić information content (AvgIpc) is 2.48. The summed E-state index contributed by atoms with van der Waals surface area (Å²) in [6.07, 6.45) is 2.25.